The van der Waals surface area contributed by atoms with E-state index in [0.717, 1.165) is 35.2 Å². The fraction of sp³-hybridized carbons (Fsp3) is 0.364. The van der Waals surface area contributed by atoms with Gasteiger partial charge in [0.1, 0.15) is 5.75 Å². The number of nitrogens with one attached hydrogen (secondary N) is 2. The van der Waals surface area contributed by atoms with Gasteiger partial charge in [0.2, 0.25) is 5.16 Å². The maximum absolute atomic E-state index is 11.8. The second kappa shape index (κ2) is 12.4. The van der Waals surface area contributed by atoms with Gasteiger partial charge in [-0.15, -0.1) is 17.5 Å². The SMILES string of the molecule is CC(C)(C)NC(=O)COc1ccc(CNCCSc2nnnn2-c2ccccc2)cc1.Cl. The lowest BCUT2D eigenvalue weighted by molar-refractivity contribution is -0.124. The monoisotopic (exact) mass is 476 g/mol. The summed E-state index contributed by atoms with van der Waals surface area (Å²) in [5.74, 6) is 1.39. The molecule has 0 aliphatic rings. The molecular formula is C22H29ClN6O2S. The molecule has 32 heavy (non-hydrogen) atoms. The fourth-order valence-electron chi connectivity index (χ4n) is 2.75. The topological polar surface area (TPSA) is 94.0 Å². The first kappa shape index (κ1) is 25.6. The summed E-state index contributed by atoms with van der Waals surface area (Å²) in [7, 11) is 0. The van der Waals surface area contributed by atoms with Crippen LogP contribution in [-0.2, 0) is 11.3 Å². The third-order valence-corrected chi connectivity index (χ3v) is 5.01. The summed E-state index contributed by atoms with van der Waals surface area (Å²) in [6.07, 6.45) is 0. The zero-order valence-electron chi connectivity index (χ0n) is 18.4. The Hall–Kier alpha value is -2.62. The van der Waals surface area contributed by atoms with Gasteiger partial charge in [-0.05, 0) is 61.0 Å². The Labute approximate surface area is 198 Å². The van der Waals surface area contributed by atoms with Crippen molar-refractivity contribution in [1.29, 1.82) is 0 Å². The van der Waals surface area contributed by atoms with Crippen LogP contribution >= 0.6 is 24.2 Å². The molecule has 0 unspecified atom stereocenters. The average molecular weight is 477 g/mol. The molecule has 1 aromatic heterocycles. The van der Waals surface area contributed by atoms with E-state index < -0.39 is 0 Å². The number of benzene rings is 2. The molecule has 0 bridgehead atoms. The van der Waals surface area contributed by atoms with Gasteiger partial charge in [-0.2, -0.15) is 4.68 Å². The van der Waals surface area contributed by atoms with Crippen molar-refractivity contribution in [2.75, 3.05) is 18.9 Å². The van der Waals surface area contributed by atoms with E-state index in [4.69, 9.17) is 4.74 Å². The molecule has 3 rings (SSSR count). The molecule has 0 fully saturated rings. The van der Waals surface area contributed by atoms with Crippen molar-refractivity contribution in [3.8, 4) is 11.4 Å². The van der Waals surface area contributed by atoms with E-state index in [1.807, 2.05) is 75.4 Å². The number of aromatic nitrogens is 4. The summed E-state index contributed by atoms with van der Waals surface area (Å²) in [6, 6.07) is 17.6. The van der Waals surface area contributed by atoms with Crippen LogP contribution in [0.25, 0.3) is 5.69 Å². The predicted octanol–water partition coefficient (Wildman–Crippen LogP) is 3.26. The molecule has 1 heterocycles. The van der Waals surface area contributed by atoms with E-state index in [1.54, 1.807) is 16.4 Å². The van der Waals surface area contributed by atoms with Crippen molar-refractivity contribution < 1.29 is 9.53 Å². The predicted molar refractivity (Wildman–Crippen MR) is 129 cm³/mol. The van der Waals surface area contributed by atoms with E-state index in [9.17, 15) is 4.79 Å². The number of ether oxygens (including phenoxy) is 1. The van der Waals surface area contributed by atoms with Gasteiger partial charge in [-0.1, -0.05) is 42.1 Å². The highest BCUT2D eigenvalue weighted by Gasteiger charge is 2.14. The minimum Gasteiger partial charge on any atom is -0.484 e. The lowest BCUT2D eigenvalue weighted by Crippen LogP contribution is -2.43. The van der Waals surface area contributed by atoms with Crippen molar-refractivity contribution in [2.45, 2.75) is 38.0 Å². The third-order valence-electron chi connectivity index (χ3n) is 4.09. The summed E-state index contributed by atoms with van der Waals surface area (Å²) < 4.78 is 7.29. The Bertz CT molecular complexity index is 961. The van der Waals surface area contributed by atoms with Crippen LogP contribution in [-0.4, -0.2) is 50.6 Å². The molecule has 0 aliphatic heterocycles. The highest BCUT2D eigenvalue weighted by molar-refractivity contribution is 7.99. The van der Waals surface area contributed by atoms with E-state index in [1.165, 1.54) is 0 Å². The van der Waals surface area contributed by atoms with Gasteiger partial charge in [-0.3, -0.25) is 4.79 Å². The number of para-hydroxylation sites is 1. The lowest BCUT2D eigenvalue weighted by Gasteiger charge is -2.20. The zero-order chi connectivity index (χ0) is 22.1. The number of carbonyl (C=O) groups is 1. The van der Waals surface area contributed by atoms with Crippen molar-refractivity contribution >= 4 is 30.1 Å². The highest BCUT2D eigenvalue weighted by atomic mass is 35.5. The zero-order valence-corrected chi connectivity index (χ0v) is 20.1. The van der Waals surface area contributed by atoms with Crippen molar-refractivity contribution in [1.82, 2.24) is 30.8 Å². The molecule has 0 saturated heterocycles. The van der Waals surface area contributed by atoms with Gasteiger partial charge in [0.05, 0.1) is 5.69 Å². The summed E-state index contributed by atoms with van der Waals surface area (Å²) in [6.45, 7) is 7.39. The van der Waals surface area contributed by atoms with Gasteiger partial charge >= 0.3 is 0 Å². The number of rotatable bonds is 10. The molecule has 0 atom stereocenters. The lowest BCUT2D eigenvalue weighted by atomic mass is 10.1. The van der Waals surface area contributed by atoms with Crippen LogP contribution in [0.2, 0.25) is 0 Å². The second-order valence-electron chi connectivity index (χ2n) is 7.96. The van der Waals surface area contributed by atoms with Crippen LogP contribution < -0.4 is 15.4 Å². The standard InChI is InChI=1S/C22H28N6O2S.ClH/c1-22(2,3)24-20(29)16-30-19-11-9-17(10-12-19)15-23-13-14-31-21-25-26-27-28(21)18-7-5-4-6-8-18;/h4-12,23H,13-16H2,1-3H3,(H,24,29);1H. The van der Waals surface area contributed by atoms with Gasteiger partial charge in [-0.25, -0.2) is 0 Å². The van der Waals surface area contributed by atoms with E-state index >= 15 is 0 Å². The molecule has 10 heteroatoms. The molecule has 3 aromatic rings. The minimum atomic E-state index is -0.262. The number of amides is 1. The van der Waals surface area contributed by atoms with E-state index in [0.29, 0.717) is 5.75 Å². The fourth-order valence-corrected chi connectivity index (χ4v) is 3.54. The van der Waals surface area contributed by atoms with Crippen LogP contribution in [0.15, 0.2) is 59.8 Å². The van der Waals surface area contributed by atoms with Crippen LogP contribution in [0, 0.1) is 0 Å². The Balaban J connectivity index is 0.00000363. The molecule has 2 N–H and O–H groups in total. The Morgan fingerprint density at radius 3 is 2.50 bits per heavy atom. The molecule has 2 aromatic carbocycles. The first-order valence-electron chi connectivity index (χ1n) is 10.1. The highest BCUT2D eigenvalue weighted by Crippen LogP contribution is 2.17. The summed E-state index contributed by atoms with van der Waals surface area (Å²) in [5, 5.41) is 19.0. The van der Waals surface area contributed by atoms with Crippen molar-refractivity contribution in [3.63, 3.8) is 0 Å². The number of tetrazole rings is 1. The van der Waals surface area contributed by atoms with Gasteiger partial charge in [0.15, 0.2) is 6.61 Å². The third kappa shape index (κ3) is 8.49. The molecule has 8 nitrogen and oxygen atoms in total. The Kier molecular flexibility index (Phi) is 9.96. The Morgan fingerprint density at radius 2 is 1.81 bits per heavy atom. The molecular weight excluding hydrogens is 448 g/mol. The van der Waals surface area contributed by atoms with Crippen LogP contribution in [0.5, 0.6) is 5.75 Å². The molecule has 0 saturated carbocycles. The summed E-state index contributed by atoms with van der Waals surface area (Å²) in [4.78, 5) is 11.8. The maximum Gasteiger partial charge on any atom is 0.258 e. The second-order valence-corrected chi connectivity index (χ2v) is 9.03. The van der Waals surface area contributed by atoms with Crippen LogP contribution in [0.1, 0.15) is 26.3 Å². The molecule has 0 aliphatic carbocycles. The number of halogens is 1. The van der Waals surface area contributed by atoms with E-state index in [-0.39, 0.29) is 30.5 Å². The van der Waals surface area contributed by atoms with Gasteiger partial charge in [0.25, 0.3) is 5.91 Å². The number of thioether (sulfide) groups is 1. The van der Waals surface area contributed by atoms with Gasteiger partial charge in [0, 0.05) is 24.4 Å². The molecule has 0 spiro atoms. The smallest absolute Gasteiger partial charge is 0.258 e. The maximum atomic E-state index is 11.8. The average Bonchev–Trinajstić information content (AvgIpc) is 3.21. The number of carbonyl (C=O) groups excluding carboxylic acids is 1. The largest absolute Gasteiger partial charge is 0.484 e. The number of hydrogen-bond donors (Lipinski definition) is 2. The first-order chi connectivity index (χ1) is 14.9. The molecule has 0 radical (unpaired) electrons. The molecule has 172 valence electrons. The number of nitrogens with zero attached hydrogens (tertiary/aromatic N) is 4. The van der Waals surface area contributed by atoms with Crippen LogP contribution in [0.4, 0.5) is 0 Å². The van der Waals surface area contributed by atoms with Crippen molar-refractivity contribution in [2.24, 2.45) is 0 Å². The van der Waals surface area contributed by atoms with Gasteiger partial charge < -0.3 is 15.4 Å². The summed E-state index contributed by atoms with van der Waals surface area (Å²) in [5.41, 5.74) is 1.83. The first-order valence-corrected chi connectivity index (χ1v) is 11.1. The number of hydrogen-bond acceptors (Lipinski definition) is 7. The quantitative estimate of drug-likeness (QED) is 0.342. The van der Waals surface area contributed by atoms with E-state index in [2.05, 4.69) is 26.2 Å². The minimum absolute atomic E-state index is 0. The van der Waals surface area contributed by atoms with Crippen molar-refractivity contribution in [3.05, 3.63) is 60.2 Å². The van der Waals surface area contributed by atoms with Crippen LogP contribution in [0.3, 0.4) is 0 Å². The normalized spacial score (nSPS) is 11.0. The summed E-state index contributed by atoms with van der Waals surface area (Å²) >= 11 is 1.61. The molecule has 1 amide bonds. The Morgan fingerprint density at radius 1 is 1.09 bits per heavy atom.